The molecule has 0 saturated carbocycles. The van der Waals surface area contributed by atoms with Crippen LogP contribution in [0.5, 0.6) is 5.88 Å². The van der Waals surface area contributed by atoms with E-state index in [9.17, 15) is 0 Å². The highest BCUT2D eigenvalue weighted by molar-refractivity contribution is 6.28. The number of fused-ring (bicyclic) bond motifs is 3. The zero-order chi connectivity index (χ0) is 29.1. The van der Waals surface area contributed by atoms with Gasteiger partial charge in [0.05, 0.1) is 32.8 Å². The summed E-state index contributed by atoms with van der Waals surface area (Å²) in [6, 6.07) is 30.0. The fourth-order valence-electron chi connectivity index (χ4n) is 5.77. The van der Waals surface area contributed by atoms with Crippen molar-refractivity contribution in [3.63, 3.8) is 0 Å². The molecule has 4 atom stereocenters. The van der Waals surface area contributed by atoms with Crippen LogP contribution in [0.2, 0.25) is 5.28 Å². The number of halogens is 1. The second-order valence-corrected chi connectivity index (χ2v) is 11.1. The Kier molecular flexibility index (Phi) is 8.06. The highest BCUT2D eigenvalue weighted by atomic mass is 35.5. The average molecular weight is 599 g/mol. The van der Waals surface area contributed by atoms with Crippen LogP contribution in [0.3, 0.4) is 0 Å². The van der Waals surface area contributed by atoms with E-state index in [1.807, 2.05) is 95.6 Å². The SMILES string of the molecule is Clc1nc(OCc2ccccc2)c2ncn([C@@H]3O[C@]4(COCc5ccccc5)CCOC3C4OCc3ccccc3)c2n1. The smallest absolute Gasteiger partial charge is 0.247 e. The summed E-state index contributed by atoms with van der Waals surface area (Å²) in [5, 5.41) is 0.0528. The van der Waals surface area contributed by atoms with Crippen molar-refractivity contribution < 1.29 is 23.7 Å². The van der Waals surface area contributed by atoms with Gasteiger partial charge in [-0.3, -0.25) is 4.57 Å². The summed E-state index contributed by atoms with van der Waals surface area (Å²) in [7, 11) is 0. The molecule has 0 spiro atoms. The Morgan fingerprint density at radius 2 is 1.49 bits per heavy atom. The number of benzene rings is 3. The van der Waals surface area contributed by atoms with Crippen molar-refractivity contribution in [1.82, 2.24) is 19.5 Å². The second-order valence-electron chi connectivity index (χ2n) is 10.8. The first kappa shape index (κ1) is 27.9. The van der Waals surface area contributed by atoms with Gasteiger partial charge in [-0.05, 0) is 28.3 Å². The third-order valence-corrected chi connectivity index (χ3v) is 8.04. The van der Waals surface area contributed by atoms with Crippen LogP contribution in [0.15, 0.2) is 97.3 Å². The first-order valence-electron chi connectivity index (χ1n) is 14.3. The minimum atomic E-state index is -0.739. The van der Waals surface area contributed by atoms with Crippen molar-refractivity contribution >= 4 is 22.8 Å². The fourth-order valence-corrected chi connectivity index (χ4v) is 5.92. The Bertz CT molecular complexity index is 1660. The van der Waals surface area contributed by atoms with Crippen LogP contribution < -0.4 is 4.74 Å². The summed E-state index contributed by atoms with van der Waals surface area (Å²) in [4.78, 5) is 13.5. The lowest BCUT2D eigenvalue weighted by Gasteiger charge is -2.38. The zero-order valence-electron chi connectivity index (χ0n) is 23.4. The molecule has 9 nitrogen and oxygen atoms in total. The third-order valence-electron chi connectivity index (χ3n) is 7.87. The van der Waals surface area contributed by atoms with Gasteiger partial charge in [-0.1, -0.05) is 91.0 Å². The lowest BCUT2D eigenvalue weighted by atomic mass is 9.90. The van der Waals surface area contributed by atoms with Crippen molar-refractivity contribution in [3.8, 4) is 5.88 Å². The molecule has 2 aliphatic rings. The molecule has 10 heteroatoms. The van der Waals surface area contributed by atoms with Gasteiger partial charge >= 0.3 is 0 Å². The number of ether oxygens (including phenoxy) is 5. The van der Waals surface area contributed by atoms with E-state index in [4.69, 9.17) is 35.3 Å². The Morgan fingerprint density at radius 3 is 2.19 bits per heavy atom. The van der Waals surface area contributed by atoms with Gasteiger partial charge in [0.1, 0.15) is 24.4 Å². The van der Waals surface area contributed by atoms with Crippen LogP contribution in [0.1, 0.15) is 29.3 Å². The molecule has 2 fully saturated rings. The Labute approximate surface area is 254 Å². The lowest BCUT2D eigenvalue weighted by molar-refractivity contribution is -0.178. The van der Waals surface area contributed by atoms with Crippen LogP contribution >= 0.6 is 11.6 Å². The second kappa shape index (κ2) is 12.4. The van der Waals surface area contributed by atoms with Crippen LogP contribution in [-0.4, -0.2) is 50.5 Å². The summed E-state index contributed by atoms with van der Waals surface area (Å²) in [6.45, 7) is 2.05. The van der Waals surface area contributed by atoms with Crippen LogP contribution in [-0.2, 0) is 38.8 Å². The summed E-state index contributed by atoms with van der Waals surface area (Å²) < 4.78 is 34.0. The predicted molar refractivity (Wildman–Crippen MR) is 159 cm³/mol. The van der Waals surface area contributed by atoms with Gasteiger partial charge in [0, 0.05) is 6.42 Å². The standard InChI is InChI=1S/C33H31ClN4O5/c34-32-36-29-26(30(37-32)42-20-25-14-8-3-9-15-25)35-22-38(29)31-27-28(41-19-24-12-6-2-7-13-24)33(43-31,16-17-40-27)21-39-18-23-10-4-1-5-11-23/h1-15,22,27-28,31H,16-21H2/t27?,28?,31-,33+/m1/s1. The average Bonchev–Trinajstić information content (AvgIpc) is 3.53. The molecule has 7 rings (SSSR count). The largest absolute Gasteiger partial charge is 0.471 e. The predicted octanol–water partition coefficient (Wildman–Crippen LogP) is 5.92. The van der Waals surface area contributed by atoms with E-state index in [0.717, 1.165) is 16.7 Å². The van der Waals surface area contributed by atoms with Crippen molar-refractivity contribution in [2.45, 2.75) is 50.3 Å². The van der Waals surface area contributed by atoms with Crippen molar-refractivity contribution in [2.75, 3.05) is 13.2 Å². The summed E-state index contributed by atoms with van der Waals surface area (Å²) >= 11 is 6.39. The number of rotatable bonds is 11. The maximum Gasteiger partial charge on any atom is 0.247 e. The molecule has 2 aromatic heterocycles. The van der Waals surface area contributed by atoms with Gasteiger partial charge < -0.3 is 23.7 Å². The van der Waals surface area contributed by atoms with E-state index in [0.29, 0.717) is 56.5 Å². The van der Waals surface area contributed by atoms with Crippen molar-refractivity contribution in [3.05, 3.63) is 119 Å². The molecular weight excluding hydrogens is 568 g/mol. The van der Waals surface area contributed by atoms with E-state index in [-0.39, 0.29) is 5.28 Å². The van der Waals surface area contributed by atoms with Gasteiger partial charge in [0.25, 0.3) is 0 Å². The minimum Gasteiger partial charge on any atom is -0.471 e. The van der Waals surface area contributed by atoms with E-state index in [1.54, 1.807) is 6.33 Å². The minimum absolute atomic E-state index is 0.0528. The first-order chi connectivity index (χ1) is 21.2. The molecule has 0 radical (unpaired) electrons. The van der Waals surface area contributed by atoms with Crippen LogP contribution in [0.25, 0.3) is 11.2 Å². The lowest BCUT2D eigenvalue weighted by Crippen LogP contribution is -2.53. The monoisotopic (exact) mass is 598 g/mol. The van der Waals surface area contributed by atoms with E-state index in [2.05, 4.69) is 15.0 Å². The molecule has 0 N–H and O–H groups in total. The molecule has 220 valence electrons. The molecule has 3 aromatic carbocycles. The maximum absolute atomic E-state index is 6.88. The maximum atomic E-state index is 6.88. The highest BCUT2D eigenvalue weighted by Crippen LogP contribution is 2.47. The molecule has 2 unspecified atom stereocenters. The topological polar surface area (TPSA) is 89.8 Å². The number of nitrogens with zero attached hydrogens (tertiary/aromatic N) is 4. The number of imidazole rings is 1. The van der Waals surface area contributed by atoms with E-state index >= 15 is 0 Å². The molecular formula is C33H31ClN4O5. The first-order valence-corrected chi connectivity index (χ1v) is 14.7. The van der Waals surface area contributed by atoms with Gasteiger partial charge in [0.2, 0.25) is 11.2 Å². The molecule has 0 amide bonds. The normalized spacial score (nSPS) is 23.0. The van der Waals surface area contributed by atoms with Crippen molar-refractivity contribution in [2.24, 2.45) is 0 Å². The molecule has 4 heterocycles. The Balaban J connectivity index is 1.18. The Morgan fingerprint density at radius 1 is 0.837 bits per heavy atom. The molecule has 2 saturated heterocycles. The van der Waals surface area contributed by atoms with Gasteiger partial charge in [0.15, 0.2) is 17.4 Å². The van der Waals surface area contributed by atoms with Gasteiger partial charge in [-0.25, -0.2) is 4.98 Å². The van der Waals surface area contributed by atoms with Crippen LogP contribution in [0.4, 0.5) is 0 Å². The molecule has 43 heavy (non-hydrogen) atoms. The quantitative estimate of drug-likeness (QED) is 0.173. The Hall–Kier alpha value is -3.86. The van der Waals surface area contributed by atoms with Gasteiger partial charge in [-0.2, -0.15) is 9.97 Å². The number of hydrogen-bond acceptors (Lipinski definition) is 8. The van der Waals surface area contributed by atoms with E-state index < -0.39 is 24.0 Å². The number of aromatic nitrogens is 4. The van der Waals surface area contributed by atoms with Crippen molar-refractivity contribution in [1.29, 1.82) is 0 Å². The summed E-state index contributed by atoms with van der Waals surface area (Å²) in [5.41, 5.74) is 3.40. The molecule has 5 aromatic rings. The van der Waals surface area contributed by atoms with E-state index in [1.165, 1.54) is 0 Å². The highest BCUT2D eigenvalue weighted by Gasteiger charge is 2.60. The third kappa shape index (κ3) is 5.87. The fraction of sp³-hybridized carbons (Fsp3) is 0.303. The number of hydrogen-bond donors (Lipinski definition) is 0. The zero-order valence-corrected chi connectivity index (χ0v) is 24.2. The molecule has 2 bridgehead atoms. The summed E-state index contributed by atoms with van der Waals surface area (Å²) in [6.07, 6.45) is 0.874. The molecule has 2 aliphatic heterocycles. The molecule has 0 aliphatic carbocycles. The van der Waals surface area contributed by atoms with Gasteiger partial charge in [-0.15, -0.1) is 0 Å². The van der Waals surface area contributed by atoms with Crippen LogP contribution in [0, 0.1) is 0 Å². The summed E-state index contributed by atoms with van der Waals surface area (Å²) in [5.74, 6) is 0.303.